The van der Waals surface area contributed by atoms with E-state index in [2.05, 4.69) is 10.1 Å². The Morgan fingerprint density at radius 2 is 1.91 bits per heavy atom. The van der Waals surface area contributed by atoms with Gasteiger partial charge in [-0.25, -0.2) is 9.59 Å². The zero-order valence-corrected chi connectivity index (χ0v) is 13.7. The van der Waals surface area contributed by atoms with Crippen LogP contribution >= 0.6 is 0 Å². The van der Waals surface area contributed by atoms with Crippen LogP contribution in [0.3, 0.4) is 0 Å². The molecule has 0 saturated heterocycles. The van der Waals surface area contributed by atoms with E-state index in [0.29, 0.717) is 11.1 Å². The number of hydrogen-bond acceptors (Lipinski definition) is 6. The Kier molecular flexibility index (Phi) is 6.53. The SMILES string of the molecule is COC(=O)C(O)C(O)c1cccc(CNC(=O)OC(C)(C)C)c1. The van der Waals surface area contributed by atoms with Crippen LogP contribution in [0.4, 0.5) is 4.79 Å². The molecule has 0 spiro atoms. The molecular formula is C16H23NO6. The number of alkyl carbamates (subject to hydrolysis) is 1. The topological polar surface area (TPSA) is 105 Å². The van der Waals surface area contributed by atoms with Crippen molar-refractivity contribution in [1.82, 2.24) is 5.32 Å². The zero-order valence-electron chi connectivity index (χ0n) is 13.7. The second-order valence-electron chi connectivity index (χ2n) is 6.01. The Labute approximate surface area is 135 Å². The molecule has 0 fully saturated rings. The maximum atomic E-state index is 11.6. The van der Waals surface area contributed by atoms with E-state index in [1.165, 1.54) is 0 Å². The van der Waals surface area contributed by atoms with Gasteiger partial charge in [0.2, 0.25) is 0 Å². The molecule has 0 radical (unpaired) electrons. The van der Waals surface area contributed by atoms with E-state index in [9.17, 15) is 19.8 Å². The molecular weight excluding hydrogens is 302 g/mol. The maximum absolute atomic E-state index is 11.6. The minimum Gasteiger partial charge on any atom is -0.467 e. The van der Waals surface area contributed by atoms with Crippen molar-refractivity contribution in [3.63, 3.8) is 0 Å². The smallest absolute Gasteiger partial charge is 0.407 e. The standard InChI is InChI=1S/C16H23NO6/c1-16(2,3)23-15(21)17-9-10-6-5-7-11(8-10)12(18)13(19)14(20)22-4/h5-8,12-13,18-19H,9H2,1-4H3,(H,17,21). The average Bonchev–Trinajstić information content (AvgIpc) is 2.49. The van der Waals surface area contributed by atoms with Gasteiger partial charge in [0.15, 0.2) is 6.10 Å². The lowest BCUT2D eigenvalue weighted by Gasteiger charge is -2.20. The first kappa shape index (κ1) is 18.9. The fraction of sp³-hybridized carbons (Fsp3) is 0.500. The summed E-state index contributed by atoms with van der Waals surface area (Å²) in [7, 11) is 1.12. The minimum atomic E-state index is -1.67. The number of aliphatic hydroxyl groups excluding tert-OH is 2. The molecule has 23 heavy (non-hydrogen) atoms. The van der Waals surface area contributed by atoms with Crippen LogP contribution in [-0.4, -0.2) is 41.1 Å². The van der Waals surface area contributed by atoms with Crippen LogP contribution in [0.5, 0.6) is 0 Å². The number of ether oxygens (including phenoxy) is 2. The van der Waals surface area contributed by atoms with Gasteiger partial charge in [-0.3, -0.25) is 0 Å². The Morgan fingerprint density at radius 3 is 2.48 bits per heavy atom. The van der Waals surface area contributed by atoms with Crippen molar-refractivity contribution in [1.29, 1.82) is 0 Å². The highest BCUT2D eigenvalue weighted by molar-refractivity contribution is 5.75. The maximum Gasteiger partial charge on any atom is 0.407 e. The molecule has 2 unspecified atom stereocenters. The van der Waals surface area contributed by atoms with Gasteiger partial charge in [-0.1, -0.05) is 24.3 Å². The zero-order chi connectivity index (χ0) is 17.6. The number of benzene rings is 1. The monoisotopic (exact) mass is 325 g/mol. The van der Waals surface area contributed by atoms with Crippen LogP contribution in [-0.2, 0) is 20.8 Å². The molecule has 3 N–H and O–H groups in total. The number of carbonyl (C=O) groups is 2. The van der Waals surface area contributed by atoms with Crippen LogP contribution in [0.2, 0.25) is 0 Å². The molecule has 1 rings (SSSR count). The number of carbonyl (C=O) groups excluding carboxylic acids is 2. The number of nitrogens with one attached hydrogen (secondary N) is 1. The first-order valence-corrected chi connectivity index (χ1v) is 7.13. The lowest BCUT2D eigenvalue weighted by atomic mass is 10.0. The number of hydrogen-bond donors (Lipinski definition) is 3. The van der Waals surface area contributed by atoms with Crippen LogP contribution < -0.4 is 5.32 Å². The van der Waals surface area contributed by atoms with Gasteiger partial charge in [-0.05, 0) is 31.9 Å². The molecule has 1 amide bonds. The van der Waals surface area contributed by atoms with Gasteiger partial charge < -0.3 is 25.0 Å². The molecule has 0 saturated carbocycles. The molecule has 1 aromatic rings. The Morgan fingerprint density at radius 1 is 1.26 bits per heavy atom. The largest absolute Gasteiger partial charge is 0.467 e. The van der Waals surface area contributed by atoms with Gasteiger partial charge in [-0.15, -0.1) is 0 Å². The molecule has 2 atom stereocenters. The Bertz CT molecular complexity index is 552. The predicted molar refractivity (Wildman–Crippen MR) is 82.5 cm³/mol. The van der Waals surface area contributed by atoms with E-state index in [4.69, 9.17) is 4.74 Å². The van der Waals surface area contributed by atoms with Crippen molar-refractivity contribution in [3.8, 4) is 0 Å². The van der Waals surface area contributed by atoms with Crippen molar-refractivity contribution in [2.24, 2.45) is 0 Å². The molecule has 7 heteroatoms. The Hall–Kier alpha value is -2.12. The highest BCUT2D eigenvalue weighted by atomic mass is 16.6. The lowest BCUT2D eigenvalue weighted by Crippen LogP contribution is -2.32. The fourth-order valence-electron chi connectivity index (χ4n) is 1.81. The van der Waals surface area contributed by atoms with Gasteiger partial charge in [0, 0.05) is 6.54 Å². The van der Waals surface area contributed by atoms with E-state index in [1.54, 1.807) is 45.0 Å². The molecule has 128 valence electrons. The summed E-state index contributed by atoms with van der Waals surface area (Å²) >= 11 is 0. The summed E-state index contributed by atoms with van der Waals surface area (Å²) < 4.78 is 9.51. The number of rotatable bonds is 5. The third-order valence-corrected chi connectivity index (χ3v) is 2.87. The number of esters is 1. The summed E-state index contributed by atoms with van der Waals surface area (Å²) in [6, 6.07) is 6.52. The number of aliphatic hydroxyl groups is 2. The predicted octanol–water partition coefficient (Wildman–Crippen LogP) is 1.28. The van der Waals surface area contributed by atoms with E-state index in [1.807, 2.05) is 0 Å². The van der Waals surface area contributed by atoms with Crippen LogP contribution in [0.1, 0.15) is 38.0 Å². The molecule has 0 aliphatic rings. The van der Waals surface area contributed by atoms with Gasteiger partial charge in [0.05, 0.1) is 7.11 Å². The normalized spacial score (nSPS) is 13.8. The van der Waals surface area contributed by atoms with Crippen molar-refractivity contribution < 1.29 is 29.3 Å². The summed E-state index contributed by atoms with van der Waals surface area (Å²) in [5.41, 5.74) is 0.433. The lowest BCUT2D eigenvalue weighted by molar-refractivity contribution is -0.156. The van der Waals surface area contributed by atoms with Crippen LogP contribution in [0.15, 0.2) is 24.3 Å². The highest BCUT2D eigenvalue weighted by Gasteiger charge is 2.26. The number of methoxy groups -OCH3 is 1. The number of amides is 1. The summed E-state index contributed by atoms with van der Waals surface area (Å²) in [5.74, 6) is -0.921. The second-order valence-corrected chi connectivity index (χ2v) is 6.01. The second kappa shape index (κ2) is 7.94. The van der Waals surface area contributed by atoms with Crippen molar-refractivity contribution in [2.45, 2.75) is 45.1 Å². The molecule has 0 aliphatic carbocycles. The van der Waals surface area contributed by atoms with Crippen molar-refractivity contribution in [3.05, 3.63) is 35.4 Å². The van der Waals surface area contributed by atoms with E-state index >= 15 is 0 Å². The van der Waals surface area contributed by atoms with Crippen LogP contribution in [0, 0.1) is 0 Å². The molecule has 0 bridgehead atoms. The van der Waals surface area contributed by atoms with Gasteiger partial charge in [0.1, 0.15) is 11.7 Å². The molecule has 0 heterocycles. The van der Waals surface area contributed by atoms with E-state index < -0.39 is 29.9 Å². The van der Waals surface area contributed by atoms with Gasteiger partial charge in [0.25, 0.3) is 0 Å². The average molecular weight is 325 g/mol. The van der Waals surface area contributed by atoms with Crippen molar-refractivity contribution in [2.75, 3.05) is 7.11 Å². The fourth-order valence-corrected chi connectivity index (χ4v) is 1.81. The van der Waals surface area contributed by atoms with Gasteiger partial charge in [-0.2, -0.15) is 0 Å². The van der Waals surface area contributed by atoms with Crippen LogP contribution in [0.25, 0.3) is 0 Å². The van der Waals surface area contributed by atoms with E-state index in [0.717, 1.165) is 7.11 Å². The third-order valence-electron chi connectivity index (χ3n) is 2.87. The molecule has 1 aromatic carbocycles. The summed E-state index contributed by atoms with van der Waals surface area (Å²) in [6.07, 6.45) is -3.64. The highest BCUT2D eigenvalue weighted by Crippen LogP contribution is 2.19. The summed E-state index contributed by atoms with van der Waals surface area (Å²) in [5, 5.41) is 22.2. The first-order valence-electron chi connectivity index (χ1n) is 7.13. The summed E-state index contributed by atoms with van der Waals surface area (Å²) in [4.78, 5) is 22.9. The molecule has 7 nitrogen and oxygen atoms in total. The third kappa shape index (κ3) is 6.25. The molecule has 0 aromatic heterocycles. The first-order chi connectivity index (χ1) is 10.6. The quantitative estimate of drug-likeness (QED) is 0.704. The van der Waals surface area contributed by atoms with Crippen molar-refractivity contribution >= 4 is 12.1 Å². The summed E-state index contributed by atoms with van der Waals surface area (Å²) in [6.45, 7) is 5.47. The van der Waals surface area contributed by atoms with Gasteiger partial charge >= 0.3 is 12.1 Å². The van der Waals surface area contributed by atoms with E-state index in [-0.39, 0.29) is 6.54 Å². The minimum absolute atomic E-state index is 0.184. The molecule has 0 aliphatic heterocycles. The Balaban J connectivity index is 2.70.